The zero-order valence-electron chi connectivity index (χ0n) is 17.4. The van der Waals surface area contributed by atoms with Crippen molar-refractivity contribution in [3.63, 3.8) is 0 Å². The maximum Gasteiger partial charge on any atom is 0.246 e. The van der Waals surface area contributed by atoms with Crippen LogP contribution in [0, 0.1) is 11.3 Å². The van der Waals surface area contributed by atoms with Gasteiger partial charge in [0.15, 0.2) is 0 Å². The first kappa shape index (κ1) is 19.9. The van der Waals surface area contributed by atoms with Gasteiger partial charge < -0.3 is 20.5 Å². The van der Waals surface area contributed by atoms with E-state index in [0.29, 0.717) is 12.1 Å². The molecule has 0 saturated carbocycles. The van der Waals surface area contributed by atoms with Gasteiger partial charge in [0.2, 0.25) is 5.91 Å². The number of imidazole rings is 1. The maximum absolute atomic E-state index is 12.9. The van der Waals surface area contributed by atoms with Crippen molar-refractivity contribution in [3.8, 4) is 6.07 Å². The Morgan fingerprint density at radius 2 is 1.93 bits per heavy atom. The second-order valence-electron chi connectivity index (χ2n) is 8.03. The first-order valence-corrected chi connectivity index (χ1v) is 10.2. The highest BCUT2D eigenvalue weighted by molar-refractivity contribution is 5.89. The molecule has 2 heterocycles. The highest BCUT2D eigenvalue weighted by Gasteiger charge is 2.35. The zero-order chi connectivity index (χ0) is 21.3. The fourth-order valence-corrected chi connectivity index (χ4v) is 3.95. The lowest BCUT2D eigenvalue weighted by molar-refractivity contribution is -0.135. The summed E-state index contributed by atoms with van der Waals surface area (Å²) >= 11 is 0. The molecule has 1 atom stereocenters. The number of anilines is 1. The summed E-state index contributed by atoms with van der Waals surface area (Å²) in [5, 5.41) is 12.2. The molecule has 3 N–H and O–H groups in total. The molecule has 1 aromatic heterocycles. The lowest BCUT2D eigenvalue weighted by Crippen LogP contribution is -2.50. The summed E-state index contributed by atoms with van der Waals surface area (Å²) in [6.45, 7) is 3.88. The molecule has 7 nitrogen and oxygen atoms in total. The second kappa shape index (κ2) is 7.81. The number of nitrogens with one attached hydrogen (secondary N) is 1. The normalized spacial score (nSPS) is 15.7. The van der Waals surface area contributed by atoms with Gasteiger partial charge in [0.05, 0.1) is 29.2 Å². The van der Waals surface area contributed by atoms with Crippen molar-refractivity contribution < 1.29 is 4.79 Å². The van der Waals surface area contributed by atoms with Crippen molar-refractivity contribution in [3.05, 3.63) is 59.4 Å². The molecule has 0 bridgehead atoms. The van der Waals surface area contributed by atoms with Crippen molar-refractivity contribution >= 4 is 22.6 Å². The fourth-order valence-electron chi connectivity index (χ4n) is 3.95. The van der Waals surface area contributed by atoms with Gasteiger partial charge in [-0.05, 0) is 61.7 Å². The minimum Gasteiger partial charge on any atom is -0.378 e. The van der Waals surface area contributed by atoms with Crippen LogP contribution in [0.4, 0.5) is 5.69 Å². The van der Waals surface area contributed by atoms with Crippen LogP contribution in [0.25, 0.3) is 11.0 Å². The Morgan fingerprint density at radius 3 is 2.60 bits per heavy atom. The first-order chi connectivity index (χ1) is 14.4. The third-order valence-corrected chi connectivity index (χ3v) is 5.88. The lowest BCUT2D eigenvalue weighted by atomic mass is 9.91. The highest BCUT2D eigenvalue weighted by atomic mass is 16.2. The number of fused-ring (bicyclic) bond motifs is 1. The van der Waals surface area contributed by atoms with Gasteiger partial charge >= 0.3 is 0 Å². The highest BCUT2D eigenvalue weighted by Crippen LogP contribution is 2.27. The lowest BCUT2D eigenvalue weighted by Gasteiger charge is -2.29. The maximum atomic E-state index is 12.9. The van der Waals surface area contributed by atoms with Crippen molar-refractivity contribution in [1.82, 2.24) is 14.5 Å². The predicted molar refractivity (Wildman–Crippen MR) is 117 cm³/mol. The number of hydrogen-bond acceptors (Lipinski definition) is 5. The van der Waals surface area contributed by atoms with E-state index >= 15 is 0 Å². The van der Waals surface area contributed by atoms with Crippen molar-refractivity contribution in [2.75, 3.05) is 18.4 Å². The molecule has 0 spiro atoms. The predicted octanol–water partition coefficient (Wildman–Crippen LogP) is 2.85. The Balaban J connectivity index is 1.56. The first-order valence-electron chi connectivity index (χ1n) is 10.2. The van der Waals surface area contributed by atoms with Crippen molar-refractivity contribution in [2.24, 2.45) is 12.8 Å². The van der Waals surface area contributed by atoms with Gasteiger partial charge in [-0.2, -0.15) is 5.26 Å². The Kier molecular flexibility index (Phi) is 5.18. The average molecular weight is 403 g/mol. The fraction of sp³-hybridized carbons (Fsp3) is 0.348. The van der Waals surface area contributed by atoms with Gasteiger partial charge in [0.25, 0.3) is 0 Å². The van der Waals surface area contributed by atoms with Gasteiger partial charge in [0.1, 0.15) is 11.4 Å². The van der Waals surface area contributed by atoms with E-state index in [0.717, 1.165) is 54.0 Å². The van der Waals surface area contributed by atoms with Crippen LogP contribution in [0.1, 0.15) is 36.7 Å². The number of nitrogens with zero attached hydrogens (tertiary/aromatic N) is 4. The van der Waals surface area contributed by atoms with Crippen LogP contribution in [0.5, 0.6) is 0 Å². The SMILES string of the molecule is Cn1c(CNc2ccc(C#N)cc2)nc2cc(C(C)(N)C(=O)N3CCCC3)ccc21. The van der Waals surface area contributed by atoms with Gasteiger partial charge in [-0.15, -0.1) is 0 Å². The van der Waals surface area contributed by atoms with E-state index in [1.165, 1.54) is 0 Å². The van der Waals surface area contributed by atoms with Crippen LogP contribution in [0.2, 0.25) is 0 Å². The van der Waals surface area contributed by atoms with Gasteiger partial charge in [-0.1, -0.05) is 6.07 Å². The van der Waals surface area contributed by atoms with Crippen LogP contribution >= 0.6 is 0 Å². The van der Waals surface area contributed by atoms with E-state index in [9.17, 15) is 4.79 Å². The molecular weight excluding hydrogens is 376 g/mol. The van der Waals surface area contributed by atoms with Crippen LogP contribution in [-0.2, 0) is 23.9 Å². The molecule has 1 saturated heterocycles. The molecule has 4 rings (SSSR count). The number of aromatic nitrogens is 2. The summed E-state index contributed by atoms with van der Waals surface area (Å²) in [5.41, 5.74) is 9.55. The summed E-state index contributed by atoms with van der Waals surface area (Å²) in [4.78, 5) is 19.5. The van der Waals surface area contributed by atoms with Crippen LogP contribution in [0.3, 0.4) is 0 Å². The third-order valence-electron chi connectivity index (χ3n) is 5.88. The number of nitriles is 1. The van der Waals surface area contributed by atoms with E-state index in [1.807, 2.05) is 46.8 Å². The summed E-state index contributed by atoms with van der Waals surface area (Å²) < 4.78 is 2.03. The zero-order valence-corrected chi connectivity index (χ0v) is 17.4. The second-order valence-corrected chi connectivity index (χ2v) is 8.03. The number of nitrogens with two attached hydrogens (primary N) is 1. The van der Waals surface area contributed by atoms with E-state index in [-0.39, 0.29) is 5.91 Å². The number of aryl methyl sites for hydroxylation is 1. The van der Waals surface area contributed by atoms with E-state index in [4.69, 9.17) is 16.0 Å². The molecule has 0 radical (unpaired) electrons. The molecule has 1 aliphatic heterocycles. The molecule has 0 aliphatic carbocycles. The molecule has 7 heteroatoms. The summed E-state index contributed by atoms with van der Waals surface area (Å²) in [7, 11) is 1.97. The number of hydrogen-bond donors (Lipinski definition) is 2. The van der Waals surface area contributed by atoms with Gasteiger partial charge in [0, 0.05) is 25.8 Å². The third kappa shape index (κ3) is 3.62. The van der Waals surface area contributed by atoms with Crippen LogP contribution < -0.4 is 11.1 Å². The van der Waals surface area contributed by atoms with E-state index in [1.54, 1.807) is 19.1 Å². The molecule has 1 unspecified atom stereocenters. The average Bonchev–Trinajstić information content (AvgIpc) is 3.40. The summed E-state index contributed by atoms with van der Waals surface area (Å²) in [5.74, 6) is 0.842. The Hall–Kier alpha value is -3.37. The number of carbonyl (C=O) groups is 1. The minimum atomic E-state index is -1.07. The van der Waals surface area contributed by atoms with Crippen LogP contribution in [0.15, 0.2) is 42.5 Å². The molecule has 154 valence electrons. The molecule has 2 aromatic carbocycles. The quantitative estimate of drug-likeness (QED) is 0.684. The standard InChI is InChI=1S/C23H26N6O/c1-23(25,22(30)29-11-3-4-12-29)17-7-10-20-19(13-17)27-21(28(20)2)15-26-18-8-5-16(14-24)6-9-18/h5-10,13,26H,3-4,11-12,15,25H2,1-2H3. The summed E-state index contributed by atoms with van der Waals surface area (Å²) in [6.07, 6.45) is 2.08. The largest absolute Gasteiger partial charge is 0.378 e. The van der Waals surface area contributed by atoms with Crippen molar-refractivity contribution in [1.29, 1.82) is 5.26 Å². The molecule has 1 amide bonds. The number of likely N-dealkylation sites (tertiary alicyclic amines) is 1. The number of benzene rings is 2. The minimum absolute atomic E-state index is 0.0296. The van der Waals surface area contributed by atoms with Crippen molar-refractivity contribution in [2.45, 2.75) is 31.8 Å². The number of amides is 1. The smallest absolute Gasteiger partial charge is 0.246 e. The molecule has 3 aromatic rings. The number of rotatable bonds is 5. The molecular formula is C23H26N6O. The Labute approximate surface area is 176 Å². The molecule has 1 fully saturated rings. The van der Waals surface area contributed by atoms with Gasteiger partial charge in [-0.3, -0.25) is 4.79 Å². The van der Waals surface area contributed by atoms with Gasteiger partial charge in [-0.25, -0.2) is 4.98 Å². The van der Waals surface area contributed by atoms with Crippen LogP contribution in [-0.4, -0.2) is 33.4 Å². The van der Waals surface area contributed by atoms with E-state index in [2.05, 4.69) is 11.4 Å². The molecule has 1 aliphatic rings. The molecule has 30 heavy (non-hydrogen) atoms. The van der Waals surface area contributed by atoms with E-state index < -0.39 is 5.54 Å². The number of carbonyl (C=O) groups excluding carboxylic acids is 1. The summed E-state index contributed by atoms with van der Waals surface area (Å²) in [6, 6.07) is 15.3. The topological polar surface area (TPSA) is 100.0 Å². The monoisotopic (exact) mass is 402 g/mol. The Morgan fingerprint density at radius 1 is 1.23 bits per heavy atom. The Bertz CT molecular complexity index is 1120.